The number of aliphatic hydroxyl groups is 2. The third-order valence-electron chi connectivity index (χ3n) is 0.302. The van der Waals surface area contributed by atoms with Gasteiger partial charge in [0.25, 0.3) is 0 Å². The Morgan fingerprint density at radius 2 is 1.30 bits per heavy atom. The van der Waals surface area contributed by atoms with Gasteiger partial charge < -0.3 is 15.3 Å². The van der Waals surface area contributed by atoms with Crippen LogP contribution in [0.25, 0.3) is 0 Å². The maximum absolute atomic E-state index is 9.37. The van der Waals surface area contributed by atoms with Gasteiger partial charge in [-0.3, -0.25) is 4.79 Å². The second-order valence-electron chi connectivity index (χ2n) is 0.747. The van der Waals surface area contributed by atoms with Gasteiger partial charge in [-0.05, 0) is 0 Å². The van der Waals surface area contributed by atoms with Gasteiger partial charge in [0.2, 0.25) is 0 Å². The molecule has 0 saturated carbocycles. The van der Waals surface area contributed by atoms with Gasteiger partial charge in [-0.15, -0.1) is 0 Å². The maximum atomic E-state index is 9.37. The Morgan fingerprint density at radius 1 is 1.20 bits per heavy atom. The van der Waals surface area contributed by atoms with Crippen molar-refractivity contribution in [2.75, 3.05) is 14.2 Å². The van der Waals surface area contributed by atoms with Crippen molar-refractivity contribution in [3.63, 3.8) is 0 Å². The number of rotatable bonds is 1. The topological polar surface area (TPSA) is 77.8 Å². The smallest absolute Gasteiger partial charge is 0.303 e. The zero-order chi connectivity index (χ0) is 8.28. The van der Waals surface area contributed by atoms with E-state index >= 15 is 0 Å². The van der Waals surface area contributed by atoms with E-state index in [1.165, 1.54) is 0 Å². The Kier molecular flexibility index (Phi) is 80.8. The molecular formula is C5H14O4Zn. The molecule has 4 nitrogen and oxygen atoms in total. The van der Waals surface area contributed by atoms with Crippen LogP contribution in [0.2, 0.25) is 0 Å². The molecule has 0 aromatic carbocycles. The van der Waals surface area contributed by atoms with Crippen LogP contribution < -0.4 is 0 Å². The number of carboxylic acid groups (broad SMARTS) is 1. The molecule has 0 atom stereocenters. The van der Waals surface area contributed by atoms with Crippen LogP contribution in [0.1, 0.15) is 13.3 Å². The minimum Gasteiger partial charge on any atom is -0.481 e. The van der Waals surface area contributed by atoms with Crippen molar-refractivity contribution >= 4 is 5.97 Å². The Bertz CT molecular complexity index is 48.9. The van der Waals surface area contributed by atoms with E-state index in [4.69, 9.17) is 15.3 Å². The van der Waals surface area contributed by atoms with Crippen molar-refractivity contribution in [2.24, 2.45) is 0 Å². The molecule has 0 fully saturated rings. The molecule has 0 aromatic rings. The zero-order valence-corrected chi connectivity index (χ0v) is 9.63. The summed E-state index contributed by atoms with van der Waals surface area (Å²) >= 11 is 0. The fourth-order valence-electron chi connectivity index (χ4n) is 0. The first-order chi connectivity index (χ1) is 4.27. The number of hydrogen-bond acceptors (Lipinski definition) is 3. The van der Waals surface area contributed by atoms with Crippen molar-refractivity contribution < 1.29 is 39.6 Å². The summed E-state index contributed by atoms with van der Waals surface area (Å²) in [6.07, 6.45) is 0.222. The van der Waals surface area contributed by atoms with Crippen LogP contribution in [0.5, 0.6) is 0 Å². The Labute approximate surface area is 73.6 Å². The third kappa shape index (κ3) is 97.2. The first-order valence-electron chi connectivity index (χ1n) is 2.38. The molecule has 60 valence electrons. The minimum atomic E-state index is -0.745. The van der Waals surface area contributed by atoms with Gasteiger partial charge in [0, 0.05) is 40.1 Å². The van der Waals surface area contributed by atoms with Crippen LogP contribution >= 0.6 is 0 Å². The average Bonchev–Trinajstić information content (AvgIpc) is 1.97. The van der Waals surface area contributed by atoms with E-state index in [1.807, 2.05) is 0 Å². The van der Waals surface area contributed by atoms with E-state index in [-0.39, 0.29) is 25.9 Å². The summed E-state index contributed by atoms with van der Waals surface area (Å²) in [5.74, 6) is -0.745. The van der Waals surface area contributed by atoms with Gasteiger partial charge in [0.05, 0.1) is 0 Å². The standard InChI is InChI=1S/C3H6O2.2CH4O.Zn/c1-2-3(4)5;2*1-2;/h2H2,1H3,(H,4,5);2*2H,1H3;. The fourth-order valence-corrected chi connectivity index (χ4v) is 0. The Morgan fingerprint density at radius 3 is 1.30 bits per heavy atom. The van der Waals surface area contributed by atoms with Gasteiger partial charge in [-0.25, -0.2) is 0 Å². The number of hydrogen-bond donors (Lipinski definition) is 3. The van der Waals surface area contributed by atoms with Crippen molar-refractivity contribution in [1.29, 1.82) is 0 Å². The van der Waals surface area contributed by atoms with E-state index in [9.17, 15) is 4.79 Å². The second-order valence-corrected chi connectivity index (χ2v) is 0.747. The molecule has 0 amide bonds. The molecule has 0 bridgehead atoms. The van der Waals surface area contributed by atoms with Crippen LogP contribution in [0, 0.1) is 0 Å². The molecule has 0 unspecified atom stereocenters. The van der Waals surface area contributed by atoms with Crippen molar-refractivity contribution in [3.8, 4) is 0 Å². The van der Waals surface area contributed by atoms with Crippen LogP contribution in [0.15, 0.2) is 0 Å². The predicted molar refractivity (Wildman–Crippen MR) is 34.2 cm³/mol. The van der Waals surface area contributed by atoms with Crippen LogP contribution in [0.3, 0.4) is 0 Å². The summed E-state index contributed by atoms with van der Waals surface area (Å²) in [4.78, 5) is 9.37. The SMILES string of the molecule is CCC(=O)O.CO.CO.[Zn]. The van der Waals surface area contributed by atoms with Crippen molar-refractivity contribution in [2.45, 2.75) is 13.3 Å². The largest absolute Gasteiger partial charge is 0.481 e. The molecule has 3 N–H and O–H groups in total. The molecule has 0 aromatic heterocycles. The molecule has 0 rings (SSSR count). The summed E-state index contributed by atoms with van der Waals surface area (Å²) in [5, 5.41) is 21.7. The average molecular weight is 204 g/mol. The van der Waals surface area contributed by atoms with Gasteiger partial charge in [0.15, 0.2) is 0 Å². The molecule has 0 aliphatic carbocycles. The zero-order valence-electron chi connectivity index (χ0n) is 6.66. The first kappa shape index (κ1) is 22.5. The summed E-state index contributed by atoms with van der Waals surface area (Å²) in [5.41, 5.74) is 0. The van der Waals surface area contributed by atoms with E-state index in [0.29, 0.717) is 0 Å². The Balaban J connectivity index is -0.0000000315. The quantitative estimate of drug-likeness (QED) is 0.511. The van der Waals surface area contributed by atoms with E-state index < -0.39 is 5.97 Å². The number of aliphatic carboxylic acids is 1. The maximum Gasteiger partial charge on any atom is 0.303 e. The molecule has 10 heavy (non-hydrogen) atoms. The molecule has 0 spiro atoms. The van der Waals surface area contributed by atoms with E-state index in [1.54, 1.807) is 6.92 Å². The predicted octanol–water partition coefficient (Wildman–Crippen LogP) is -0.304. The van der Waals surface area contributed by atoms with Gasteiger partial charge in [0.1, 0.15) is 0 Å². The van der Waals surface area contributed by atoms with Gasteiger partial charge in [-0.2, -0.15) is 0 Å². The van der Waals surface area contributed by atoms with Gasteiger partial charge in [-0.1, -0.05) is 6.92 Å². The van der Waals surface area contributed by atoms with Crippen LogP contribution in [-0.4, -0.2) is 35.5 Å². The summed E-state index contributed by atoms with van der Waals surface area (Å²) in [6, 6.07) is 0. The van der Waals surface area contributed by atoms with E-state index in [2.05, 4.69) is 0 Å². The van der Waals surface area contributed by atoms with Gasteiger partial charge >= 0.3 is 5.97 Å². The summed E-state index contributed by atoms with van der Waals surface area (Å²) in [6.45, 7) is 1.60. The summed E-state index contributed by atoms with van der Waals surface area (Å²) in [7, 11) is 2.00. The molecule has 0 heterocycles. The third-order valence-corrected chi connectivity index (χ3v) is 0.302. The van der Waals surface area contributed by atoms with E-state index in [0.717, 1.165) is 14.2 Å². The minimum absolute atomic E-state index is 0. The van der Waals surface area contributed by atoms with Crippen LogP contribution in [-0.2, 0) is 24.3 Å². The van der Waals surface area contributed by atoms with Crippen molar-refractivity contribution in [3.05, 3.63) is 0 Å². The molecular weight excluding hydrogens is 189 g/mol. The first-order valence-corrected chi connectivity index (χ1v) is 2.38. The monoisotopic (exact) mass is 202 g/mol. The molecule has 5 heteroatoms. The Hall–Kier alpha value is 0.0134. The second kappa shape index (κ2) is 35.9. The van der Waals surface area contributed by atoms with Crippen LogP contribution in [0.4, 0.5) is 0 Å². The number of carboxylic acids is 1. The van der Waals surface area contributed by atoms with Crippen molar-refractivity contribution in [1.82, 2.24) is 0 Å². The molecule has 0 aliphatic rings. The molecule has 0 radical (unpaired) electrons. The molecule has 0 saturated heterocycles. The number of carbonyl (C=O) groups is 1. The fraction of sp³-hybridized carbons (Fsp3) is 0.800. The summed E-state index contributed by atoms with van der Waals surface area (Å²) < 4.78 is 0. The normalized spacial score (nSPS) is 4.90. The number of aliphatic hydroxyl groups excluding tert-OH is 2. The molecule has 0 aliphatic heterocycles.